The number of carboxylic acids is 1. The Morgan fingerprint density at radius 3 is 2.92 bits per heavy atom. The molecule has 1 heterocycles. The van der Waals surface area contributed by atoms with Gasteiger partial charge in [0.2, 0.25) is 0 Å². The molecule has 12 heavy (non-hydrogen) atoms. The van der Waals surface area contributed by atoms with E-state index >= 15 is 0 Å². The molecule has 68 valence electrons. The van der Waals surface area contributed by atoms with Crippen molar-refractivity contribution in [1.82, 2.24) is 10.2 Å². The van der Waals surface area contributed by atoms with Crippen LogP contribution in [0.1, 0.15) is 12.8 Å². The minimum atomic E-state index is -0.811. The normalized spacial score (nSPS) is 16.3. The van der Waals surface area contributed by atoms with E-state index < -0.39 is 5.97 Å². The maximum Gasteiger partial charge on any atom is 0.317 e. The van der Waals surface area contributed by atoms with Gasteiger partial charge in [-0.05, 0) is 6.42 Å². The third kappa shape index (κ3) is 2.41. The van der Waals surface area contributed by atoms with Crippen LogP contribution in [0, 0.1) is 0 Å². The fraction of sp³-hybridized carbons (Fsp3) is 0.714. The van der Waals surface area contributed by atoms with Crippen molar-refractivity contribution in [3.63, 3.8) is 0 Å². The van der Waals surface area contributed by atoms with Gasteiger partial charge in [0.25, 0.3) is 0 Å². The average Bonchev–Trinajstić information content (AvgIpc) is 2.36. The van der Waals surface area contributed by atoms with Crippen LogP contribution in [0.25, 0.3) is 0 Å². The number of rotatable bonds is 4. The minimum absolute atomic E-state index is 0.0830. The summed E-state index contributed by atoms with van der Waals surface area (Å²) in [6.45, 7) is 1.91. The standard InChI is InChI=1S/C7H12N2O3/c10-6(11)2-1-4-9-5-3-8-7(9)12/h1-5H2,(H,8,12)(H,10,11). The van der Waals surface area contributed by atoms with Crippen LogP contribution in [-0.4, -0.2) is 41.6 Å². The second-order valence-corrected chi connectivity index (χ2v) is 2.72. The number of carbonyl (C=O) groups is 2. The molecule has 1 fully saturated rings. The Kier molecular flexibility index (Phi) is 2.90. The maximum absolute atomic E-state index is 10.9. The molecule has 0 spiro atoms. The maximum atomic E-state index is 10.9. The highest BCUT2D eigenvalue weighted by Crippen LogP contribution is 1.99. The first-order valence-electron chi connectivity index (χ1n) is 3.95. The molecule has 2 N–H and O–H groups in total. The lowest BCUT2D eigenvalue weighted by Crippen LogP contribution is -2.29. The molecule has 0 saturated carbocycles. The molecule has 1 aliphatic heterocycles. The Labute approximate surface area is 70.4 Å². The van der Waals surface area contributed by atoms with Crippen LogP contribution in [0.2, 0.25) is 0 Å². The third-order valence-electron chi connectivity index (χ3n) is 1.76. The molecule has 0 bridgehead atoms. The van der Waals surface area contributed by atoms with Crippen LogP contribution in [0.15, 0.2) is 0 Å². The van der Waals surface area contributed by atoms with E-state index in [1.807, 2.05) is 0 Å². The average molecular weight is 172 g/mol. The molecule has 2 amide bonds. The van der Waals surface area contributed by atoms with Crippen molar-refractivity contribution in [2.75, 3.05) is 19.6 Å². The van der Waals surface area contributed by atoms with Gasteiger partial charge in [0.15, 0.2) is 0 Å². The summed E-state index contributed by atoms with van der Waals surface area (Å²) in [6, 6.07) is -0.0830. The van der Waals surface area contributed by atoms with Gasteiger partial charge in [0, 0.05) is 26.1 Å². The molecule has 0 radical (unpaired) electrons. The van der Waals surface area contributed by atoms with Crippen LogP contribution in [0.4, 0.5) is 4.79 Å². The fourth-order valence-electron chi connectivity index (χ4n) is 1.15. The van der Waals surface area contributed by atoms with E-state index in [4.69, 9.17) is 5.11 Å². The lowest BCUT2D eigenvalue weighted by atomic mass is 10.3. The number of carboxylic acid groups (broad SMARTS) is 1. The molecular weight excluding hydrogens is 160 g/mol. The first-order chi connectivity index (χ1) is 5.70. The van der Waals surface area contributed by atoms with Crippen molar-refractivity contribution in [1.29, 1.82) is 0 Å². The largest absolute Gasteiger partial charge is 0.481 e. The number of carbonyl (C=O) groups excluding carboxylic acids is 1. The highest BCUT2D eigenvalue weighted by molar-refractivity contribution is 5.76. The molecule has 0 aliphatic carbocycles. The van der Waals surface area contributed by atoms with Crippen LogP contribution in [0.5, 0.6) is 0 Å². The molecule has 5 heteroatoms. The molecular formula is C7H12N2O3. The smallest absolute Gasteiger partial charge is 0.317 e. The van der Waals surface area contributed by atoms with Crippen molar-refractivity contribution in [2.45, 2.75) is 12.8 Å². The predicted molar refractivity (Wildman–Crippen MR) is 41.8 cm³/mol. The number of urea groups is 1. The molecule has 0 unspecified atom stereocenters. The Balaban J connectivity index is 2.14. The number of amides is 2. The SMILES string of the molecule is O=C(O)CCCN1CCNC1=O. The van der Waals surface area contributed by atoms with Gasteiger partial charge < -0.3 is 15.3 Å². The predicted octanol–water partition coefficient (Wildman–Crippen LogP) is -0.124. The Morgan fingerprint density at radius 2 is 2.42 bits per heavy atom. The van der Waals surface area contributed by atoms with Gasteiger partial charge in [-0.25, -0.2) is 4.79 Å². The lowest BCUT2D eigenvalue weighted by Gasteiger charge is -2.12. The Hall–Kier alpha value is -1.26. The first kappa shape index (κ1) is 8.83. The summed E-state index contributed by atoms with van der Waals surface area (Å²) in [5, 5.41) is 11.0. The summed E-state index contributed by atoms with van der Waals surface area (Å²) in [6.07, 6.45) is 0.659. The number of hydrogen-bond acceptors (Lipinski definition) is 2. The topological polar surface area (TPSA) is 69.6 Å². The lowest BCUT2D eigenvalue weighted by molar-refractivity contribution is -0.137. The minimum Gasteiger partial charge on any atom is -0.481 e. The molecule has 0 atom stereocenters. The number of aliphatic carboxylic acids is 1. The van der Waals surface area contributed by atoms with Crippen molar-refractivity contribution < 1.29 is 14.7 Å². The van der Waals surface area contributed by atoms with E-state index in [-0.39, 0.29) is 12.5 Å². The highest BCUT2D eigenvalue weighted by atomic mass is 16.4. The molecule has 1 aliphatic rings. The summed E-state index contributed by atoms with van der Waals surface area (Å²) in [5.41, 5.74) is 0. The Morgan fingerprint density at radius 1 is 1.67 bits per heavy atom. The Bertz CT molecular complexity index is 193. The van der Waals surface area contributed by atoms with E-state index in [9.17, 15) is 9.59 Å². The van der Waals surface area contributed by atoms with Crippen molar-refractivity contribution in [3.05, 3.63) is 0 Å². The van der Waals surface area contributed by atoms with Gasteiger partial charge in [-0.15, -0.1) is 0 Å². The van der Waals surface area contributed by atoms with E-state index in [1.54, 1.807) is 4.90 Å². The van der Waals surface area contributed by atoms with Gasteiger partial charge in [-0.2, -0.15) is 0 Å². The van der Waals surface area contributed by atoms with Gasteiger partial charge in [-0.3, -0.25) is 4.79 Å². The molecule has 5 nitrogen and oxygen atoms in total. The summed E-state index contributed by atoms with van der Waals surface area (Å²) >= 11 is 0. The van der Waals surface area contributed by atoms with Gasteiger partial charge >= 0.3 is 12.0 Å². The highest BCUT2D eigenvalue weighted by Gasteiger charge is 2.18. The van der Waals surface area contributed by atoms with Gasteiger partial charge in [0.05, 0.1) is 0 Å². The van der Waals surface area contributed by atoms with Crippen molar-refractivity contribution in [2.24, 2.45) is 0 Å². The van der Waals surface area contributed by atoms with Crippen LogP contribution >= 0.6 is 0 Å². The molecule has 1 rings (SSSR count). The van der Waals surface area contributed by atoms with E-state index in [0.29, 0.717) is 26.1 Å². The zero-order valence-corrected chi connectivity index (χ0v) is 6.75. The molecule has 1 saturated heterocycles. The second-order valence-electron chi connectivity index (χ2n) is 2.72. The fourth-order valence-corrected chi connectivity index (χ4v) is 1.15. The van der Waals surface area contributed by atoms with E-state index in [2.05, 4.69) is 5.32 Å². The third-order valence-corrected chi connectivity index (χ3v) is 1.76. The van der Waals surface area contributed by atoms with Crippen LogP contribution in [-0.2, 0) is 4.79 Å². The second kappa shape index (κ2) is 3.94. The molecule has 0 aromatic heterocycles. The number of hydrogen-bond donors (Lipinski definition) is 2. The van der Waals surface area contributed by atoms with E-state index in [1.165, 1.54) is 0 Å². The van der Waals surface area contributed by atoms with Gasteiger partial charge in [-0.1, -0.05) is 0 Å². The summed E-state index contributed by atoms with van der Waals surface area (Å²) in [5.74, 6) is -0.811. The van der Waals surface area contributed by atoms with Crippen molar-refractivity contribution in [3.8, 4) is 0 Å². The van der Waals surface area contributed by atoms with Crippen LogP contribution in [0.3, 0.4) is 0 Å². The summed E-state index contributed by atoms with van der Waals surface area (Å²) in [4.78, 5) is 22.7. The number of nitrogens with zero attached hydrogens (tertiary/aromatic N) is 1. The zero-order valence-electron chi connectivity index (χ0n) is 6.75. The zero-order chi connectivity index (χ0) is 8.97. The number of nitrogens with one attached hydrogen (secondary N) is 1. The summed E-state index contributed by atoms with van der Waals surface area (Å²) < 4.78 is 0. The van der Waals surface area contributed by atoms with Crippen molar-refractivity contribution >= 4 is 12.0 Å². The molecule has 0 aromatic carbocycles. The monoisotopic (exact) mass is 172 g/mol. The van der Waals surface area contributed by atoms with E-state index in [0.717, 1.165) is 0 Å². The first-order valence-corrected chi connectivity index (χ1v) is 3.95. The van der Waals surface area contributed by atoms with Crippen LogP contribution < -0.4 is 5.32 Å². The quantitative estimate of drug-likeness (QED) is 0.621. The summed E-state index contributed by atoms with van der Waals surface area (Å²) in [7, 11) is 0. The van der Waals surface area contributed by atoms with Gasteiger partial charge in [0.1, 0.15) is 0 Å². The molecule has 0 aromatic rings.